The first-order valence-corrected chi connectivity index (χ1v) is 14.7. The number of thioether (sulfide) groups is 1. The molecule has 3 aromatic rings. The Morgan fingerprint density at radius 3 is 2.68 bits per heavy atom. The normalized spacial score (nSPS) is 17.7. The molecule has 0 spiro atoms. The number of nitrogens with zero attached hydrogens (tertiary/aromatic N) is 4. The molecule has 0 atom stereocenters. The minimum Gasteiger partial charge on any atom is -0.326 e. The molecule has 0 aliphatic carbocycles. The van der Waals surface area contributed by atoms with Gasteiger partial charge in [-0.15, -0.1) is 11.3 Å². The number of carbonyl (C=O) groups excluding carboxylic acids is 1. The van der Waals surface area contributed by atoms with Crippen molar-refractivity contribution < 1.29 is 4.79 Å². The molecule has 37 heavy (non-hydrogen) atoms. The smallest absolute Gasteiger partial charge is 0.302 e. The van der Waals surface area contributed by atoms with Gasteiger partial charge in [0.05, 0.1) is 10.5 Å². The average molecular weight is 531 g/mol. The average Bonchev–Trinajstić information content (AvgIpc) is 3.41. The predicted octanol–water partition coefficient (Wildman–Crippen LogP) is 7.69. The lowest BCUT2D eigenvalue weighted by atomic mass is 9.92. The lowest BCUT2D eigenvalue weighted by Gasteiger charge is -2.36. The van der Waals surface area contributed by atoms with E-state index in [1.54, 1.807) is 16.3 Å². The Hall–Kier alpha value is -2.90. The molecule has 2 aliphatic heterocycles. The predicted molar refractivity (Wildman–Crippen MR) is 160 cm³/mol. The van der Waals surface area contributed by atoms with Gasteiger partial charge in [0.1, 0.15) is 5.84 Å². The summed E-state index contributed by atoms with van der Waals surface area (Å²) in [5.74, 6) is 1.03. The van der Waals surface area contributed by atoms with Crippen LogP contribution in [0.3, 0.4) is 0 Å². The first kappa shape index (κ1) is 25.7. The monoisotopic (exact) mass is 530 g/mol. The van der Waals surface area contributed by atoms with Crippen molar-refractivity contribution in [3.63, 3.8) is 0 Å². The third-order valence-corrected chi connectivity index (χ3v) is 8.70. The number of fused-ring (bicyclic) bond motifs is 1. The Morgan fingerprint density at radius 2 is 1.95 bits per heavy atom. The van der Waals surface area contributed by atoms with Gasteiger partial charge in [-0.2, -0.15) is 5.10 Å². The van der Waals surface area contributed by atoms with Crippen molar-refractivity contribution in [1.29, 1.82) is 0 Å². The zero-order valence-electron chi connectivity index (χ0n) is 22.2. The molecule has 0 radical (unpaired) electrons. The van der Waals surface area contributed by atoms with Crippen LogP contribution in [0.25, 0.3) is 10.4 Å². The standard InChI is InChI=1S/C30H34N4OS2/c1-6-34-29(35)37-30(4,5)27(32-34)22-15-16-25-21(19-22)11-9-17-33(25)28(31-20(2)3)24-13-8-7-12-23(24)26-14-10-18-36-26/h7-8,10,12-16,18-20H,6,9,11,17H2,1-5H3. The topological polar surface area (TPSA) is 48.3 Å². The van der Waals surface area contributed by atoms with E-state index in [0.29, 0.717) is 6.54 Å². The molecule has 192 valence electrons. The third-order valence-electron chi connectivity index (χ3n) is 6.71. The molecule has 0 fully saturated rings. The minimum absolute atomic E-state index is 0.0133. The number of thiophene rings is 1. The van der Waals surface area contributed by atoms with Crippen molar-refractivity contribution in [3.05, 3.63) is 76.7 Å². The van der Waals surface area contributed by atoms with E-state index in [1.165, 1.54) is 39.0 Å². The van der Waals surface area contributed by atoms with Gasteiger partial charge in [0.15, 0.2) is 0 Å². The summed E-state index contributed by atoms with van der Waals surface area (Å²) in [6, 6.07) is 19.8. The number of rotatable bonds is 5. The van der Waals surface area contributed by atoms with Gasteiger partial charge >= 0.3 is 5.24 Å². The molecular formula is C30H34N4OS2. The largest absolute Gasteiger partial charge is 0.326 e. The van der Waals surface area contributed by atoms with E-state index in [4.69, 9.17) is 10.1 Å². The van der Waals surface area contributed by atoms with E-state index in [9.17, 15) is 4.79 Å². The fraction of sp³-hybridized carbons (Fsp3) is 0.367. The van der Waals surface area contributed by atoms with Crippen LogP contribution < -0.4 is 4.90 Å². The van der Waals surface area contributed by atoms with Crippen LogP contribution in [0.5, 0.6) is 0 Å². The van der Waals surface area contributed by atoms with Gasteiger partial charge in [-0.25, -0.2) is 5.01 Å². The number of aliphatic imine (C=N–C) groups is 1. The molecule has 2 aromatic carbocycles. The van der Waals surface area contributed by atoms with Gasteiger partial charge in [-0.05, 0) is 82.2 Å². The highest BCUT2D eigenvalue weighted by atomic mass is 32.2. The molecule has 2 aliphatic rings. The zero-order valence-corrected chi connectivity index (χ0v) is 23.8. The van der Waals surface area contributed by atoms with E-state index in [-0.39, 0.29) is 16.0 Å². The van der Waals surface area contributed by atoms with Gasteiger partial charge in [0.2, 0.25) is 0 Å². The fourth-order valence-electron chi connectivity index (χ4n) is 5.02. The summed E-state index contributed by atoms with van der Waals surface area (Å²) in [5.41, 5.74) is 6.95. The number of amides is 1. The van der Waals surface area contributed by atoms with Gasteiger partial charge in [-0.1, -0.05) is 48.2 Å². The van der Waals surface area contributed by atoms with E-state index in [0.717, 1.165) is 36.5 Å². The van der Waals surface area contributed by atoms with Crippen LogP contribution in [0.15, 0.2) is 70.1 Å². The number of hydrazone groups is 1. The molecule has 1 aromatic heterocycles. The fourth-order valence-corrected chi connectivity index (χ4v) is 6.76. The van der Waals surface area contributed by atoms with Crippen LogP contribution in [0.1, 0.15) is 57.7 Å². The van der Waals surface area contributed by atoms with Gasteiger partial charge < -0.3 is 4.90 Å². The number of carbonyl (C=O) groups is 1. The number of hydrogen-bond donors (Lipinski definition) is 0. The summed E-state index contributed by atoms with van der Waals surface area (Å²) in [5, 5.41) is 8.50. The summed E-state index contributed by atoms with van der Waals surface area (Å²) < 4.78 is -0.380. The molecule has 1 amide bonds. The summed E-state index contributed by atoms with van der Waals surface area (Å²) in [7, 11) is 0. The van der Waals surface area contributed by atoms with Crippen molar-refractivity contribution in [2.24, 2.45) is 10.1 Å². The summed E-state index contributed by atoms with van der Waals surface area (Å²) >= 11 is 3.12. The molecule has 0 saturated heterocycles. The molecule has 0 N–H and O–H groups in total. The first-order valence-electron chi connectivity index (χ1n) is 13.0. The maximum absolute atomic E-state index is 12.5. The second-order valence-corrected chi connectivity index (χ2v) is 12.7. The maximum Gasteiger partial charge on any atom is 0.302 e. The molecule has 0 saturated carbocycles. The van der Waals surface area contributed by atoms with Crippen molar-refractivity contribution in [2.75, 3.05) is 18.0 Å². The molecular weight excluding hydrogens is 496 g/mol. The quantitative estimate of drug-likeness (QED) is 0.251. The SMILES string of the molecule is CCN1N=C(c2ccc3c(c2)CCCN3C(=NC(C)C)c2ccccc2-c2cccs2)C(C)(C)SC1=O. The Morgan fingerprint density at radius 1 is 1.14 bits per heavy atom. The number of amidine groups is 1. The van der Waals surface area contributed by atoms with Crippen LogP contribution in [-0.4, -0.2) is 45.7 Å². The maximum atomic E-state index is 12.5. The molecule has 0 unspecified atom stereocenters. The number of benzene rings is 2. The molecule has 5 nitrogen and oxygen atoms in total. The zero-order chi connectivity index (χ0) is 26.2. The lowest BCUT2D eigenvalue weighted by Crippen LogP contribution is -2.41. The van der Waals surface area contributed by atoms with Crippen molar-refractivity contribution in [1.82, 2.24) is 5.01 Å². The Labute approximate surface area is 228 Å². The highest BCUT2D eigenvalue weighted by molar-refractivity contribution is 8.15. The second kappa shape index (κ2) is 10.5. The van der Waals surface area contributed by atoms with Crippen LogP contribution in [-0.2, 0) is 6.42 Å². The van der Waals surface area contributed by atoms with Crippen molar-refractivity contribution >= 4 is 45.6 Å². The van der Waals surface area contributed by atoms with E-state index >= 15 is 0 Å². The van der Waals surface area contributed by atoms with Crippen LogP contribution in [0.2, 0.25) is 0 Å². The molecule has 0 bridgehead atoms. The number of aryl methyl sites for hydroxylation is 1. The second-order valence-electron chi connectivity index (χ2n) is 10.2. The third kappa shape index (κ3) is 5.12. The van der Waals surface area contributed by atoms with E-state index < -0.39 is 0 Å². The Balaban J connectivity index is 1.58. The number of hydrogen-bond acceptors (Lipinski definition) is 5. The van der Waals surface area contributed by atoms with Gasteiger partial charge in [0, 0.05) is 40.8 Å². The Bertz CT molecular complexity index is 1360. The molecule has 7 heteroatoms. The summed E-state index contributed by atoms with van der Waals surface area (Å²) in [6.45, 7) is 11.9. The first-order chi connectivity index (χ1) is 17.8. The van der Waals surface area contributed by atoms with Gasteiger partial charge in [-0.3, -0.25) is 9.79 Å². The highest BCUT2D eigenvalue weighted by Gasteiger charge is 2.37. The number of anilines is 1. The molecule has 3 heterocycles. The summed E-state index contributed by atoms with van der Waals surface area (Å²) in [4.78, 5) is 21.3. The highest BCUT2D eigenvalue weighted by Crippen LogP contribution is 2.38. The Kier molecular flexibility index (Phi) is 7.28. The lowest BCUT2D eigenvalue weighted by molar-refractivity contribution is 0.226. The van der Waals surface area contributed by atoms with Crippen LogP contribution in [0.4, 0.5) is 10.5 Å². The summed E-state index contributed by atoms with van der Waals surface area (Å²) in [6.07, 6.45) is 2.07. The van der Waals surface area contributed by atoms with E-state index in [1.807, 2.05) is 6.92 Å². The van der Waals surface area contributed by atoms with Gasteiger partial charge in [0.25, 0.3) is 0 Å². The van der Waals surface area contributed by atoms with Crippen molar-refractivity contribution in [3.8, 4) is 10.4 Å². The van der Waals surface area contributed by atoms with Crippen LogP contribution in [0, 0.1) is 0 Å². The molecule has 5 rings (SSSR count). The van der Waals surface area contributed by atoms with E-state index in [2.05, 4.69) is 92.6 Å². The van der Waals surface area contributed by atoms with Crippen molar-refractivity contribution in [2.45, 2.75) is 58.2 Å². The minimum atomic E-state index is -0.380. The van der Waals surface area contributed by atoms with Crippen LogP contribution >= 0.6 is 23.1 Å².